The molecule has 0 aliphatic heterocycles. The van der Waals surface area contributed by atoms with Crippen LogP contribution in [0.3, 0.4) is 0 Å². The number of fused-ring (bicyclic) bond motifs is 6. The Morgan fingerprint density at radius 1 is 0.242 bits per heavy atom. The van der Waals surface area contributed by atoms with Crippen molar-refractivity contribution in [3.8, 4) is 67.0 Å². The summed E-state index contributed by atoms with van der Waals surface area (Å²) in [6.45, 7) is 0. The van der Waals surface area contributed by atoms with Crippen molar-refractivity contribution in [2.75, 3.05) is 0 Å². The molecule has 12 rings (SSSR count). The standard InChI is InChI=1S/C60H40N2/c1-4-14-41(15-5-1)44-26-31-51(32-27-44)61-57-25-11-10-24-53(57)55-38-48(29-34-58(55)61)49-30-35-59-56(39-49)54-33-28-50(46-21-12-20-45(36-46)42-16-6-2-7-17-42)40-60(54)62(59)52-23-13-22-47(37-52)43-18-8-3-9-19-43/h1-40H/i30D,35D,39D. The second kappa shape index (κ2) is 14.8. The Morgan fingerprint density at radius 2 is 0.726 bits per heavy atom. The first-order valence-corrected chi connectivity index (χ1v) is 21.1. The highest BCUT2D eigenvalue weighted by Crippen LogP contribution is 2.40. The molecule has 0 fully saturated rings. The topological polar surface area (TPSA) is 9.86 Å². The summed E-state index contributed by atoms with van der Waals surface area (Å²) in [5, 5.41) is 3.63. The van der Waals surface area contributed by atoms with Crippen LogP contribution in [0.25, 0.3) is 111 Å². The van der Waals surface area contributed by atoms with Crippen molar-refractivity contribution in [1.29, 1.82) is 0 Å². The van der Waals surface area contributed by atoms with E-state index in [1.807, 2.05) is 42.5 Å². The van der Waals surface area contributed by atoms with Gasteiger partial charge in [0.2, 0.25) is 0 Å². The van der Waals surface area contributed by atoms with Crippen LogP contribution in [0.5, 0.6) is 0 Å². The molecule has 0 spiro atoms. The predicted molar refractivity (Wildman–Crippen MR) is 262 cm³/mol. The van der Waals surface area contributed by atoms with Crippen LogP contribution in [0.1, 0.15) is 4.11 Å². The van der Waals surface area contributed by atoms with Gasteiger partial charge in [-0.15, -0.1) is 0 Å². The van der Waals surface area contributed by atoms with Gasteiger partial charge in [0, 0.05) is 32.9 Å². The summed E-state index contributed by atoms with van der Waals surface area (Å²) in [5.41, 5.74) is 15.5. The van der Waals surface area contributed by atoms with Crippen LogP contribution in [-0.4, -0.2) is 9.13 Å². The van der Waals surface area contributed by atoms with Crippen molar-refractivity contribution in [2.45, 2.75) is 0 Å². The fourth-order valence-corrected chi connectivity index (χ4v) is 9.21. The van der Waals surface area contributed by atoms with Crippen molar-refractivity contribution >= 4 is 43.6 Å². The Labute approximate surface area is 365 Å². The smallest absolute Gasteiger partial charge is 0.0645 e. The second-order valence-electron chi connectivity index (χ2n) is 15.9. The van der Waals surface area contributed by atoms with Crippen LogP contribution in [0.15, 0.2) is 243 Å². The van der Waals surface area contributed by atoms with Gasteiger partial charge in [-0.05, 0) is 122 Å². The lowest BCUT2D eigenvalue weighted by atomic mass is 9.97. The lowest BCUT2D eigenvalue weighted by Crippen LogP contribution is -1.95. The maximum absolute atomic E-state index is 10.1. The Bertz CT molecular complexity index is 3780. The first-order valence-electron chi connectivity index (χ1n) is 22.6. The molecule has 2 aromatic heterocycles. The highest BCUT2D eigenvalue weighted by atomic mass is 15.0. The minimum Gasteiger partial charge on any atom is -0.309 e. The molecule has 2 nitrogen and oxygen atoms in total. The Morgan fingerprint density at radius 3 is 1.45 bits per heavy atom. The summed E-state index contributed by atoms with van der Waals surface area (Å²) in [6, 6.07) is 78.2. The van der Waals surface area contributed by atoms with Crippen LogP contribution < -0.4 is 0 Å². The minimum absolute atomic E-state index is 0.0288. The lowest BCUT2D eigenvalue weighted by molar-refractivity contribution is 1.18. The van der Waals surface area contributed by atoms with Crippen molar-refractivity contribution in [3.63, 3.8) is 0 Å². The van der Waals surface area contributed by atoms with E-state index in [0.29, 0.717) is 16.5 Å². The van der Waals surface area contributed by atoms with Crippen molar-refractivity contribution in [2.24, 2.45) is 0 Å². The number of nitrogens with zero attached hydrogens (tertiary/aromatic N) is 2. The van der Waals surface area contributed by atoms with Crippen LogP contribution >= 0.6 is 0 Å². The zero-order chi connectivity index (χ0) is 43.6. The molecule has 0 aliphatic carbocycles. The quantitative estimate of drug-likeness (QED) is 0.152. The SMILES string of the molecule is [2H]c1c(-c2ccc3c(c2)c2ccccc2n3-c2ccc(-c3ccccc3)cc2)c([2H])c2c3ccc(-c4cccc(-c5ccccc5)c4)cc3n(-c3cccc(-c4ccccc4)c3)c2c1[2H]. The molecule has 0 amide bonds. The number of hydrogen-bond acceptors (Lipinski definition) is 0. The zero-order valence-corrected chi connectivity index (χ0v) is 33.8. The summed E-state index contributed by atoms with van der Waals surface area (Å²) < 4.78 is 34.0. The average molecular weight is 792 g/mol. The molecular formula is C60H40N2. The van der Waals surface area contributed by atoms with E-state index in [-0.39, 0.29) is 18.1 Å². The minimum atomic E-state index is 0.0288. The molecule has 12 aromatic rings. The van der Waals surface area contributed by atoms with Crippen LogP contribution in [0.4, 0.5) is 0 Å². The average Bonchev–Trinajstić information content (AvgIpc) is 3.90. The lowest BCUT2D eigenvalue weighted by Gasteiger charge is -2.12. The van der Waals surface area contributed by atoms with Crippen molar-refractivity contribution < 1.29 is 4.11 Å². The predicted octanol–water partition coefficient (Wildman–Crippen LogP) is 16.2. The number of benzene rings is 10. The van der Waals surface area contributed by atoms with Gasteiger partial charge in [0.15, 0.2) is 0 Å². The highest BCUT2D eigenvalue weighted by molar-refractivity contribution is 6.13. The molecule has 0 N–H and O–H groups in total. The van der Waals surface area contributed by atoms with Gasteiger partial charge in [-0.1, -0.05) is 176 Å². The first kappa shape index (κ1) is 32.6. The normalized spacial score (nSPS) is 12.2. The van der Waals surface area contributed by atoms with E-state index >= 15 is 0 Å². The number of para-hydroxylation sites is 1. The molecule has 0 aliphatic rings. The van der Waals surface area contributed by atoms with Gasteiger partial charge < -0.3 is 9.13 Å². The molecular weight excluding hydrogens is 749 g/mol. The maximum atomic E-state index is 10.1. The van der Waals surface area contributed by atoms with E-state index in [2.05, 4.69) is 191 Å². The molecule has 0 saturated carbocycles. The van der Waals surface area contributed by atoms with Gasteiger partial charge in [-0.3, -0.25) is 0 Å². The Hall–Kier alpha value is -8.20. The van der Waals surface area contributed by atoms with Gasteiger partial charge in [0.1, 0.15) is 0 Å². The van der Waals surface area contributed by atoms with Crippen molar-refractivity contribution in [1.82, 2.24) is 9.13 Å². The summed E-state index contributed by atoms with van der Waals surface area (Å²) >= 11 is 0. The molecule has 0 unspecified atom stereocenters. The molecule has 0 bridgehead atoms. The van der Waals surface area contributed by atoms with E-state index in [4.69, 9.17) is 0 Å². The second-order valence-corrected chi connectivity index (χ2v) is 15.9. The Balaban J connectivity index is 1.06. The fraction of sp³-hybridized carbons (Fsp3) is 0. The van der Waals surface area contributed by atoms with E-state index in [0.717, 1.165) is 88.6 Å². The fourth-order valence-electron chi connectivity index (χ4n) is 9.21. The molecule has 62 heavy (non-hydrogen) atoms. The van der Waals surface area contributed by atoms with Crippen LogP contribution in [0.2, 0.25) is 0 Å². The first-order chi connectivity index (χ1) is 32.0. The molecule has 0 radical (unpaired) electrons. The largest absolute Gasteiger partial charge is 0.309 e. The number of hydrogen-bond donors (Lipinski definition) is 0. The summed E-state index contributed by atoms with van der Waals surface area (Å²) in [4.78, 5) is 0. The molecule has 290 valence electrons. The van der Waals surface area contributed by atoms with Gasteiger partial charge >= 0.3 is 0 Å². The van der Waals surface area contributed by atoms with Crippen LogP contribution in [0, 0.1) is 0 Å². The zero-order valence-electron chi connectivity index (χ0n) is 36.8. The van der Waals surface area contributed by atoms with E-state index in [9.17, 15) is 4.11 Å². The van der Waals surface area contributed by atoms with E-state index < -0.39 is 0 Å². The maximum Gasteiger partial charge on any atom is 0.0645 e. The monoisotopic (exact) mass is 791 g/mol. The van der Waals surface area contributed by atoms with E-state index in [1.54, 1.807) is 0 Å². The summed E-state index contributed by atoms with van der Waals surface area (Å²) in [5.74, 6) is 0. The highest BCUT2D eigenvalue weighted by Gasteiger charge is 2.18. The van der Waals surface area contributed by atoms with Gasteiger partial charge in [-0.25, -0.2) is 0 Å². The summed E-state index contributed by atoms with van der Waals surface area (Å²) in [6.07, 6.45) is 0. The molecule has 0 atom stereocenters. The Kier molecular flexibility index (Phi) is 7.79. The number of aromatic nitrogens is 2. The molecule has 2 heteroatoms. The molecule has 10 aromatic carbocycles. The van der Waals surface area contributed by atoms with Crippen molar-refractivity contribution in [3.05, 3.63) is 243 Å². The molecule has 2 heterocycles. The van der Waals surface area contributed by atoms with Gasteiger partial charge in [0.05, 0.1) is 26.2 Å². The van der Waals surface area contributed by atoms with E-state index in [1.165, 1.54) is 5.56 Å². The van der Waals surface area contributed by atoms with Gasteiger partial charge in [0.25, 0.3) is 0 Å². The molecule has 0 saturated heterocycles. The number of rotatable bonds is 7. The van der Waals surface area contributed by atoms with Crippen LogP contribution in [-0.2, 0) is 0 Å². The third kappa shape index (κ3) is 6.12. The summed E-state index contributed by atoms with van der Waals surface area (Å²) in [7, 11) is 0. The third-order valence-electron chi connectivity index (χ3n) is 12.2. The third-order valence-corrected chi connectivity index (χ3v) is 12.2. The van der Waals surface area contributed by atoms with Gasteiger partial charge in [-0.2, -0.15) is 0 Å².